The van der Waals surface area contributed by atoms with Crippen LogP contribution in [0.3, 0.4) is 0 Å². The zero-order chi connectivity index (χ0) is 22.6. The molecule has 3 rings (SSSR count). The molecule has 0 atom stereocenters. The maximum Gasteiger partial charge on any atom is 0.318 e. The molecule has 0 saturated heterocycles. The van der Waals surface area contributed by atoms with Crippen molar-refractivity contribution in [2.45, 2.75) is 38.4 Å². The third-order valence-electron chi connectivity index (χ3n) is 4.42. The molecule has 0 amide bonds. The second-order valence-electron chi connectivity index (χ2n) is 6.73. The van der Waals surface area contributed by atoms with Crippen molar-refractivity contribution in [1.29, 1.82) is 0 Å². The molecular formula is C19H22FN5O4S2. The average molecular weight is 468 g/mol. The fourth-order valence-corrected chi connectivity index (χ4v) is 4.22. The summed E-state index contributed by atoms with van der Waals surface area (Å²) in [6.07, 6.45) is 1.86. The highest BCUT2D eigenvalue weighted by molar-refractivity contribution is 7.99. The number of aromatic nitrogens is 4. The molecule has 12 heteroatoms. The molecule has 0 saturated carbocycles. The Hall–Kier alpha value is -2.73. The summed E-state index contributed by atoms with van der Waals surface area (Å²) < 4.78 is 41.1. The summed E-state index contributed by atoms with van der Waals surface area (Å²) in [6, 6.07) is 5.48. The third kappa shape index (κ3) is 5.50. The highest BCUT2D eigenvalue weighted by Crippen LogP contribution is 2.24. The van der Waals surface area contributed by atoms with E-state index in [1.165, 1.54) is 43.0 Å². The Kier molecular flexibility index (Phi) is 7.11. The van der Waals surface area contributed by atoms with Gasteiger partial charge >= 0.3 is 11.1 Å². The van der Waals surface area contributed by atoms with Crippen molar-refractivity contribution in [2.75, 3.05) is 16.2 Å². The molecule has 9 nitrogen and oxygen atoms in total. The Morgan fingerprint density at radius 2 is 1.87 bits per heavy atom. The molecule has 0 unspecified atom stereocenters. The summed E-state index contributed by atoms with van der Waals surface area (Å²) in [5, 5.41) is 0.272. The number of fused-ring (bicyclic) bond motifs is 1. The lowest BCUT2D eigenvalue weighted by molar-refractivity contribution is 0.602. The number of rotatable bonds is 9. The van der Waals surface area contributed by atoms with Crippen LogP contribution in [0.25, 0.3) is 11.2 Å². The number of hydrogen-bond acceptors (Lipinski definition) is 7. The molecule has 1 aromatic carbocycles. The predicted molar refractivity (Wildman–Crippen MR) is 119 cm³/mol. The Bertz CT molecular complexity index is 1300. The van der Waals surface area contributed by atoms with Crippen molar-refractivity contribution in [3.63, 3.8) is 0 Å². The van der Waals surface area contributed by atoms with Crippen molar-refractivity contribution in [1.82, 2.24) is 19.5 Å². The molecule has 0 fully saturated rings. The van der Waals surface area contributed by atoms with E-state index >= 15 is 0 Å². The van der Waals surface area contributed by atoms with Gasteiger partial charge in [0.1, 0.15) is 11.3 Å². The van der Waals surface area contributed by atoms with Crippen LogP contribution in [0, 0.1) is 5.82 Å². The van der Waals surface area contributed by atoms with Crippen LogP contribution in [0.4, 0.5) is 10.2 Å². The van der Waals surface area contributed by atoms with Crippen molar-refractivity contribution in [2.24, 2.45) is 0 Å². The number of sulfonamides is 1. The average Bonchev–Trinajstić information content (AvgIpc) is 2.73. The fraction of sp³-hybridized carbons (Fsp3) is 0.368. The van der Waals surface area contributed by atoms with Crippen LogP contribution >= 0.6 is 11.8 Å². The monoisotopic (exact) mass is 467 g/mol. The molecule has 2 N–H and O–H groups in total. The van der Waals surface area contributed by atoms with Gasteiger partial charge in [-0.15, -0.1) is 0 Å². The molecule has 0 bridgehead atoms. The molecule has 0 aliphatic heterocycles. The van der Waals surface area contributed by atoms with Crippen molar-refractivity contribution in [3.05, 3.63) is 56.4 Å². The predicted octanol–water partition coefficient (Wildman–Crippen LogP) is 2.32. The maximum atomic E-state index is 13.3. The lowest BCUT2D eigenvalue weighted by Gasteiger charge is -2.14. The molecule has 0 aliphatic carbocycles. The summed E-state index contributed by atoms with van der Waals surface area (Å²) in [7, 11) is -3.71. The Morgan fingerprint density at radius 1 is 1.16 bits per heavy atom. The number of nitrogens with one attached hydrogen (secondary N) is 2. The number of benzene rings is 1. The minimum atomic E-state index is -3.71. The van der Waals surface area contributed by atoms with Gasteiger partial charge in [-0.3, -0.25) is 18.9 Å². The van der Waals surface area contributed by atoms with Crippen molar-refractivity contribution in [3.8, 4) is 0 Å². The van der Waals surface area contributed by atoms with Gasteiger partial charge in [-0.2, -0.15) is 0 Å². The van der Waals surface area contributed by atoms with E-state index in [0.29, 0.717) is 11.3 Å². The molecule has 0 radical (unpaired) electrons. The van der Waals surface area contributed by atoms with E-state index < -0.39 is 27.0 Å². The van der Waals surface area contributed by atoms with Crippen LogP contribution in [-0.4, -0.2) is 39.4 Å². The highest BCUT2D eigenvalue weighted by Gasteiger charge is 2.19. The van der Waals surface area contributed by atoms with Gasteiger partial charge in [-0.05, 0) is 31.0 Å². The summed E-state index contributed by atoms with van der Waals surface area (Å²) in [5.41, 5.74) is -1.14. The Morgan fingerprint density at radius 3 is 2.52 bits per heavy atom. The first-order chi connectivity index (χ1) is 14.7. The first-order valence-corrected chi connectivity index (χ1v) is 12.3. The molecule has 31 heavy (non-hydrogen) atoms. The van der Waals surface area contributed by atoms with E-state index in [1.807, 2.05) is 6.92 Å². The summed E-state index contributed by atoms with van der Waals surface area (Å²) >= 11 is 1.32. The number of halogens is 1. The number of hydrogen-bond donors (Lipinski definition) is 2. The van der Waals surface area contributed by atoms with Crippen LogP contribution in [0.1, 0.15) is 32.3 Å². The van der Waals surface area contributed by atoms with Gasteiger partial charge in [0.05, 0.1) is 12.3 Å². The van der Waals surface area contributed by atoms with Crippen LogP contribution in [-0.2, 0) is 16.6 Å². The number of thioether (sulfide) groups is 1. The number of H-pyrrole nitrogens is 1. The molecular weight excluding hydrogens is 445 g/mol. The van der Waals surface area contributed by atoms with E-state index in [-0.39, 0.29) is 34.4 Å². The number of aromatic amines is 1. The molecule has 2 heterocycles. The first kappa shape index (κ1) is 22.9. The molecule has 0 aliphatic rings. The fourth-order valence-electron chi connectivity index (χ4n) is 2.71. The second-order valence-corrected chi connectivity index (χ2v) is 9.81. The summed E-state index contributed by atoms with van der Waals surface area (Å²) in [6.45, 7) is 3.46. The van der Waals surface area contributed by atoms with E-state index in [0.717, 1.165) is 17.4 Å². The van der Waals surface area contributed by atoms with Gasteiger partial charge in [-0.25, -0.2) is 22.8 Å². The minimum absolute atomic E-state index is 0.00331. The third-order valence-corrected chi connectivity index (χ3v) is 6.62. The zero-order valence-electron chi connectivity index (χ0n) is 17.0. The van der Waals surface area contributed by atoms with Crippen LogP contribution in [0.5, 0.6) is 0 Å². The largest absolute Gasteiger partial charge is 0.318 e. The van der Waals surface area contributed by atoms with E-state index in [9.17, 15) is 22.4 Å². The smallest absolute Gasteiger partial charge is 0.311 e. The SMILES string of the molecule is CCCCSc1nc(NS(=O)(=O)CC)c2[nH]c(=O)c(=O)n(Cc3ccc(F)cc3)c2n1. The van der Waals surface area contributed by atoms with Gasteiger partial charge in [0.2, 0.25) is 10.0 Å². The van der Waals surface area contributed by atoms with Crippen LogP contribution in [0.2, 0.25) is 0 Å². The van der Waals surface area contributed by atoms with Gasteiger partial charge < -0.3 is 4.98 Å². The van der Waals surface area contributed by atoms with E-state index in [2.05, 4.69) is 19.7 Å². The van der Waals surface area contributed by atoms with E-state index in [1.54, 1.807) is 0 Å². The number of nitrogens with zero attached hydrogens (tertiary/aromatic N) is 3. The lowest BCUT2D eigenvalue weighted by Crippen LogP contribution is -2.37. The van der Waals surface area contributed by atoms with Crippen LogP contribution < -0.4 is 15.8 Å². The first-order valence-electron chi connectivity index (χ1n) is 9.66. The van der Waals surface area contributed by atoms with Gasteiger partial charge in [-0.1, -0.05) is 37.2 Å². The summed E-state index contributed by atoms with van der Waals surface area (Å²) in [4.78, 5) is 36.0. The molecule has 3 aromatic rings. The maximum absolute atomic E-state index is 13.3. The van der Waals surface area contributed by atoms with E-state index in [4.69, 9.17) is 0 Å². The van der Waals surface area contributed by atoms with Crippen LogP contribution in [0.15, 0.2) is 39.0 Å². The Labute approximate surface area is 182 Å². The number of unbranched alkanes of at least 4 members (excludes halogenated alkanes) is 1. The highest BCUT2D eigenvalue weighted by atomic mass is 32.2. The number of anilines is 1. The molecule has 2 aromatic heterocycles. The Balaban J connectivity index is 2.22. The zero-order valence-corrected chi connectivity index (χ0v) is 18.6. The summed E-state index contributed by atoms with van der Waals surface area (Å²) in [5.74, 6) is -0.0279. The minimum Gasteiger partial charge on any atom is -0.311 e. The van der Waals surface area contributed by atoms with Gasteiger partial charge in [0.15, 0.2) is 16.6 Å². The topological polar surface area (TPSA) is 127 Å². The quantitative estimate of drug-likeness (QED) is 0.214. The van der Waals surface area contributed by atoms with Gasteiger partial charge in [0.25, 0.3) is 0 Å². The lowest BCUT2D eigenvalue weighted by atomic mass is 10.2. The van der Waals surface area contributed by atoms with Crippen molar-refractivity contribution < 1.29 is 12.8 Å². The van der Waals surface area contributed by atoms with Crippen molar-refractivity contribution >= 4 is 38.8 Å². The standard InChI is InChI=1S/C19H22FN5O4S2/c1-3-5-10-30-19-22-15(24-31(28,29)4-2)14-16(23-19)25(18(27)17(26)21-14)11-12-6-8-13(20)9-7-12/h6-9H,3-5,10-11H2,1-2H3,(H,21,26)(H,22,23,24). The van der Waals surface area contributed by atoms with Gasteiger partial charge in [0, 0.05) is 5.75 Å². The normalized spacial score (nSPS) is 11.7. The molecule has 0 spiro atoms. The molecule has 166 valence electrons. The second kappa shape index (κ2) is 9.60.